The van der Waals surface area contributed by atoms with E-state index in [1.54, 1.807) is 18.2 Å². The van der Waals surface area contributed by atoms with Crippen LogP contribution < -0.4 is 10.6 Å². The second-order valence-electron chi connectivity index (χ2n) is 5.21. The van der Waals surface area contributed by atoms with Gasteiger partial charge in [0.15, 0.2) is 5.96 Å². The quantitative estimate of drug-likeness (QED) is 0.392. The molecule has 136 valence electrons. The Morgan fingerprint density at radius 1 is 1.21 bits per heavy atom. The average molecular weight is 356 g/mol. The van der Waals surface area contributed by atoms with E-state index < -0.39 is 10.0 Å². The highest BCUT2D eigenvalue weighted by Crippen LogP contribution is 2.19. The Balaban J connectivity index is 2.90. The Bertz CT molecular complexity index is 630. The Labute approximate surface area is 145 Å². The van der Waals surface area contributed by atoms with E-state index in [0.717, 1.165) is 6.54 Å². The number of nitrogens with one attached hydrogen (secondary N) is 2. The number of sulfonamides is 1. The van der Waals surface area contributed by atoms with Crippen LogP contribution in [0.2, 0.25) is 0 Å². The molecule has 1 aromatic carbocycles. The van der Waals surface area contributed by atoms with Crippen molar-refractivity contribution in [2.24, 2.45) is 4.99 Å². The normalized spacial score (nSPS) is 12.5. The number of hydrogen-bond donors (Lipinski definition) is 2. The van der Waals surface area contributed by atoms with E-state index in [-0.39, 0.29) is 11.4 Å². The van der Waals surface area contributed by atoms with E-state index in [1.807, 2.05) is 19.9 Å². The zero-order chi connectivity index (χ0) is 18.0. The maximum absolute atomic E-state index is 12.4. The Morgan fingerprint density at radius 2 is 1.92 bits per heavy atom. The van der Waals surface area contributed by atoms with Crippen LogP contribution in [0.15, 0.2) is 34.2 Å². The molecule has 24 heavy (non-hydrogen) atoms. The van der Waals surface area contributed by atoms with Crippen LogP contribution in [0.1, 0.15) is 19.4 Å². The third-order valence-corrected chi connectivity index (χ3v) is 5.14. The van der Waals surface area contributed by atoms with Crippen molar-refractivity contribution in [3.63, 3.8) is 0 Å². The summed E-state index contributed by atoms with van der Waals surface area (Å²) in [5, 5.41) is 6.29. The van der Waals surface area contributed by atoms with Gasteiger partial charge in [-0.05, 0) is 25.5 Å². The first kappa shape index (κ1) is 20.4. The van der Waals surface area contributed by atoms with Crippen molar-refractivity contribution in [1.29, 1.82) is 0 Å². The van der Waals surface area contributed by atoms with Gasteiger partial charge in [0, 0.05) is 33.8 Å². The van der Waals surface area contributed by atoms with Crippen LogP contribution in [0.3, 0.4) is 0 Å². The third kappa shape index (κ3) is 6.10. The van der Waals surface area contributed by atoms with Gasteiger partial charge < -0.3 is 15.4 Å². The molecule has 0 aliphatic heterocycles. The average Bonchev–Trinajstić information content (AvgIpc) is 2.56. The molecule has 0 unspecified atom stereocenters. The SMILES string of the molecule is CCNC(=NCc1ccccc1S(=O)(=O)N(C)C)NCCOCC. The van der Waals surface area contributed by atoms with Crippen molar-refractivity contribution in [3.05, 3.63) is 29.8 Å². The summed E-state index contributed by atoms with van der Waals surface area (Å²) < 4.78 is 31.3. The van der Waals surface area contributed by atoms with E-state index in [1.165, 1.54) is 18.4 Å². The molecule has 0 bridgehead atoms. The summed E-state index contributed by atoms with van der Waals surface area (Å²) in [6.07, 6.45) is 0. The van der Waals surface area contributed by atoms with E-state index in [0.29, 0.717) is 31.3 Å². The van der Waals surface area contributed by atoms with Gasteiger partial charge in [0.2, 0.25) is 10.0 Å². The molecule has 1 aromatic rings. The summed E-state index contributed by atoms with van der Waals surface area (Å²) in [6.45, 7) is 6.81. The number of guanidine groups is 1. The van der Waals surface area contributed by atoms with Gasteiger partial charge in [-0.1, -0.05) is 18.2 Å². The van der Waals surface area contributed by atoms with Crippen LogP contribution in [0.25, 0.3) is 0 Å². The number of nitrogens with zero attached hydrogens (tertiary/aromatic N) is 2. The van der Waals surface area contributed by atoms with E-state index in [2.05, 4.69) is 15.6 Å². The van der Waals surface area contributed by atoms with Crippen molar-refractivity contribution < 1.29 is 13.2 Å². The zero-order valence-corrected chi connectivity index (χ0v) is 15.7. The summed E-state index contributed by atoms with van der Waals surface area (Å²) in [5.74, 6) is 0.634. The van der Waals surface area contributed by atoms with Gasteiger partial charge in [-0.15, -0.1) is 0 Å². The monoisotopic (exact) mass is 356 g/mol. The van der Waals surface area contributed by atoms with Gasteiger partial charge in [-0.2, -0.15) is 0 Å². The van der Waals surface area contributed by atoms with Crippen molar-refractivity contribution in [1.82, 2.24) is 14.9 Å². The first-order valence-electron chi connectivity index (χ1n) is 8.03. The molecule has 7 nitrogen and oxygen atoms in total. The molecular weight excluding hydrogens is 328 g/mol. The standard InChI is InChI=1S/C16H28N4O3S/c1-5-17-16(18-11-12-23-6-2)19-13-14-9-7-8-10-15(14)24(21,22)20(3)4/h7-10H,5-6,11-13H2,1-4H3,(H2,17,18,19). The van der Waals surface area contributed by atoms with Crippen LogP contribution in [0.4, 0.5) is 0 Å². The molecule has 0 fully saturated rings. The number of rotatable bonds is 9. The lowest BCUT2D eigenvalue weighted by Crippen LogP contribution is -2.39. The van der Waals surface area contributed by atoms with Crippen LogP contribution in [-0.2, 0) is 21.3 Å². The molecular formula is C16H28N4O3S. The maximum atomic E-state index is 12.4. The van der Waals surface area contributed by atoms with E-state index in [9.17, 15) is 8.42 Å². The van der Waals surface area contributed by atoms with E-state index >= 15 is 0 Å². The lowest BCUT2D eigenvalue weighted by atomic mass is 10.2. The number of benzene rings is 1. The van der Waals surface area contributed by atoms with Crippen LogP contribution in [0, 0.1) is 0 Å². The third-order valence-electron chi connectivity index (χ3n) is 3.23. The smallest absolute Gasteiger partial charge is 0.242 e. The minimum absolute atomic E-state index is 0.271. The highest BCUT2D eigenvalue weighted by Gasteiger charge is 2.20. The van der Waals surface area contributed by atoms with Crippen LogP contribution >= 0.6 is 0 Å². The topological polar surface area (TPSA) is 83.0 Å². The number of hydrogen-bond acceptors (Lipinski definition) is 4. The molecule has 0 saturated heterocycles. The molecule has 0 aliphatic rings. The van der Waals surface area contributed by atoms with Crippen molar-refractivity contribution in [3.8, 4) is 0 Å². The lowest BCUT2D eigenvalue weighted by molar-refractivity contribution is 0.152. The van der Waals surface area contributed by atoms with Gasteiger partial charge >= 0.3 is 0 Å². The fourth-order valence-electron chi connectivity index (χ4n) is 1.97. The van der Waals surface area contributed by atoms with Gasteiger partial charge in [-0.25, -0.2) is 17.7 Å². The highest BCUT2D eigenvalue weighted by atomic mass is 32.2. The number of ether oxygens (including phenoxy) is 1. The fourth-order valence-corrected chi connectivity index (χ4v) is 3.08. The first-order valence-corrected chi connectivity index (χ1v) is 9.47. The Hall–Kier alpha value is -1.64. The molecule has 0 amide bonds. The predicted octanol–water partition coefficient (Wildman–Crippen LogP) is 1.03. The Kier molecular flexibility index (Phi) is 8.73. The summed E-state index contributed by atoms with van der Waals surface area (Å²) in [5.41, 5.74) is 0.660. The first-order chi connectivity index (χ1) is 11.4. The minimum atomic E-state index is -3.49. The van der Waals surface area contributed by atoms with Crippen molar-refractivity contribution >= 4 is 16.0 Å². The second-order valence-corrected chi connectivity index (χ2v) is 7.33. The molecule has 0 aromatic heterocycles. The largest absolute Gasteiger partial charge is 0.380 e. The number of aliphatic imine (C=N–C) groups is 1. The molecule has 0 heterocycles. The molecule has 8 heteroatoms. The summed E-state index contributed by atoms with van der Waals surface area (Å²) in [4.78, 5) is 4.75. The van der Waals surface area contributed by atoms with Crippen molar-refractivity contribution in [2.75, 3.05) is 40.4 Å². The van der Waals surface area contributed by atoms with Gasteiger partial charge in [0.05, 0.1) is 18.0 Å². The van der Waals surface area contributed by atoms with Crippen LogP contribution in [0.5, 0.6) is 0 Å². The van der Waals surface area contributed by atoms with Crippen molar-refractivity contribution in [2.45, 2.75) is 25.3 Å². The summed E-state index contributed by atoms with van der Waals surface area (Å²) >= 11 is 0. The van der Waals surface area contributed by atoms with Gasteiger partial charge in [0.25, 0.3) is 0 Å². The molecule has 0 saturated carbocycles. The molecule has 0 spiro atoms. The van der Waals surface area contributed by atoms with E-state index in [4.69, 9.17) is 4.74 Å². The molecule has 0 aliphatic carbocycles. The minimum Gasteiger partial charge on any atom is -0.380 e. The van der Waals surface area contributed by atoms with Gasteiger partial charge in [-0.3, -0.25) is 0 Å². The van der Waals surface area contributed by atoms with Crippen LogP contribution in [-0.4, -0.2) is 59.1 Å². The second kappa shape index (κ2) is 10.3. The summed E-state index contributed by atoms with van der Waals surface area (Å²) in [6, 6.07) is 6.92. The molecule has 0 atom stereocenters. The molecule has 0 radical (unpaired) electrons. The van der Waals surface area contributed by atoms with Gasteiger partial charge in [0.1, 0.15) is 0 Å². The fraction of sp³-hybridized carbons (Fsp3) is 0.562. The highest BCUT2D eigenvalue weighted by molar-refractivity contribution is 7.89. The molecule has 1 rings (SSSR count). The zero-order valence-electron chi connectivity index (χ0n) is 14.9. The Morgan fingerprint density at radius 3 is 2.54 bits per heavy atom. The molecule has 2 N–H and O–H groups in total. The maximum Gasteiger partial charge on any atom is 0.242 e. The lowest BCUT2D eigenvalue weighted by Gasteiger charge is -2.15. The summed E-state index contributed by atoms with van der Waals surface area (Å²) in [7, 11) is -0.444. The predicted molar refractivity (Wildman–Crippen MR) is 96.6 cm³/mol.